The quantitative estimate of drug-likeness (QED) is 0.867. The summed E-state index contributed by atoms with van der Waals surface area (Å²) < 4.78 is 5.46. The molecule has 1 saturated heterocycles. The van der Waals surface area contributed by atoms with Gasteiger partial charge in [-0.05, 0) is 24.6 Å². The molecule has 0 aromatic heterocycles. The van der Waals surface area contributed by atoms with E-state index in [0.717, 1.165) is 16.3 Å². The highest BCUT2D eigenvalue weighted by atomic mass is 32.2. The molecule has 0 unspecified atom stereocenters. The minimum atomic E-state index is -0.212. The molecule has 1 aromatic rings. The van der Waals surface area contributed by atoms with E-state index in [1.807, 2.05) is 36.1 Å². The molecule has 1 fully saturated rings. The molecular formula is C18H21N3O3S. The summed E-state index contributed by atoms with van der Waals surface area (Å²) in [5.41, 5.74) is 1.61. The number of nitrogens with zero attached hydrogens (tertiary/aromatic N) is 3. The SMILES string of the molecule is CCOc1ccc([C@@H]2CC(=O)N3CN(CCO)CSC3=C2C#N)cc1. The van der Waals surface area contributed by atoms with Crippen molar-refractivity contribution >= 4 is 17.7 Å². The zero-order valence-electron chi connectivity index (χ0n) is 14.1. The van der Waals surface area contributed by atoms with Crippen molar-refractivity contribution in [3.05, 3.63) is 40.4 Å². The van der Waals surface area contributed by atoms with Crippen molar-refractivity contribution in [1.82, 2.24) is 9.80 Å². The smallest absolute Gasteiger partial charge is 0.229 e. The summed E-state index contributed by atoms with van der Waals surface area (Å²) in [6.45, 7) is 3.55. The average Bonchev–Trinajstić information content (AvgIpc) is 2.63. The van der Waals surface area contributed by atoms with E-state index in [4.69, 9.17) is 9.84 Å². The zero-order valence-corrected chi connectivity index (χ0v) is 15.0. The fraction of sp³-hybridized carbons (Fsp3) is 0.444. The van der Waals surface area contributed by atoms with Crippen LogP contribution in [0.25, 0.3) is 0 Å². The van der Waals surface area contributed by atoms with Gasteiger partial charge in [-0.3, -0.25) is 14.6 Å². The number of carbonyl (C=O) groups excluding carboxylic acids is 1. The van der Waals surface area contributed by atoms with Crippen molar-refractivity contribution in [3.63, 3.8) is 0 Å². The monoisotopic (exact) mass is 359 g/mol. The van der Waals surface area contributed by atoms with Crippen LogP contribution in [0.3, 0.4) is 0 Å². The lowest BCUT2D eigenvalue weighted by molar-refractivity contribution is -0.131. The molecule has 1 amide bonds. The molecule has 0 aliphatic carbocycles. The number of thioether (sulfide) groups is 1. The third kappa shape index (κ3) is 3.66. The number of rotatable bonds is 5. The minimum Gasteiger partial charge on any atom is -0.494 e. The summed E-state index contributed by atoms with van der Waals surface area (Å²) in [5, 5.41) is 19.6. The first-order valence-corrected chi connectivity index (χ1v) is 9.29. The van der Waals surface area contributed by atoms with E-state index < -0.39 is 0 Å². The summed E-state index contributed by atoms with van der Waals surface area (Å²) >= 11 is 1.49. The Morgan fingerprint density at radius 2 is 2.16 bits per heavy atom. The van der Waals surface area contributed by atoms with Gasteiger partial charge in [-0.15, -0.1) is 0 Å². The lowest BCUT2D eigenvalue weighted by Crippen LogP contribution is -2.47. The number of aliphatic hydroxyl groups excluding tert-OH is 1. The molecule has 1 atom stereocenters. The first kappa shape index (κ1) is 17.8. The highest BCUT2D eigenvalue weighted by Gasteiger charge is 2.38. The van der Waals surface area contributed by atoms with E-state index in [2.05, 4.69) is 6.07 Å². The van der Waals surface area contributed by atoms with Crippen LogP contribution in [0.15, 0.2) is 34.9 Å². The number of hydrogen-bond donors (Lipinski definition) is 1. The van der Waals surface area contributed by atoms with Crippen molar-refractivity contribution in [2.24, 2.45) is 0 Å². The Bertz CT molecular complexity index is 711. The number of fused-ring (bicyclic) bond motifs is 1. The van der Waals surface area contributed by atoms with E-state index in [9.17, 15) is 10.1 Å². The molecule has 0 saturated carbocycles. The zero-order chi connectivity index (χ0) is 17.8. The van der Waals surface area contributed by atoms with Crippen molar-refractivity contribution in [2.45, 2.75) is 19.3 Å². The van der Waals surface area contributed by atoms with E-state index in [1.165, 1.54) is 11.8 Å². The Labute approximate surface area is 151 Å². The second-order valence-corrected chi connectivity index (χ2v) is 6.88. The number of nitriles is 1. The summed E-state index contributed by atoms with van der Waals surface area (Å²) in [6.07, 6.45) is 0.286. The van der Waals surface area contributed by atoms with Crippen molar-refractivity contribution < 1.29 is 14.6 Å². The van der Waals surface area contributed by atoms with Gasteiger partial charge in [0.25, 0.3) is 0 Å². The van der Waals surface area contributed by atoms with Gasteiger partial charge >= 0.3 is 0 Å². The van der Waals surface area contributed by atoms with Crippen LogP contribution in [-0.2, 0) is 4.79 Å². The Morgan fingerprint density at radius 3 is 2.80 bits per heavy atom. The molecule has 7 heteroatoms. The molecule has 1 aromatic carbocycles. The number of aliphatic hydroxyl groups is 1. The number of benzene rings is 1. The van der Waals surface area contributed by atoms with Gasteiger partial charge in [0.05, 0.1) is 42.4 Å². The predicted octanol–water partition coefficient (Wildman–Crippen LogP) is 2.09. The lowest BCUT2D eigenvalue weighted by Gasteiger charge is -2.41. The van der Waals surface area contributed by atoms with Crippen molar-refractivity contribution in [2.75, 3.05) is 32.3 Å². The summed E-state index contributed by atoms with van der Waals surface area (Å²) in [4.78, 5) is 16.3. The summed E-state index contributed by atoms with van der Waals surface area (Å²) in [7, 11) is 0. The minimum absolute atomic E-state index is 0.0167. The van der Waals surface area contributed by atoms with Crippen LogP contribution in [-0.4, -0.2) is 53.1 Å². The molecule has 0 radical (unpaired) electrons. The first-order chi connectivity index (χ1) is 12.2. The third-order valence-corrected chi connectivity index (χ3v) is 5.57. The largest absolute Gasteiger partial charge is 0.494 e. The van der Waals surface area contributed by atoms with Gasteiger partial charge < -0.3 is 9.84 Å². The summed E-state index contributed by atoms with van der Waals surface area (Å²) in [6, 6.07) is 9.95. The van der Waals surface area contributed by atoms with Gasteiger partial charge in [-0.25, -0.2) is 0 Å². The van der Waals surface area contributed by atoms with E-state index in [1.54, 1.807) is 4.90 Å². The van der Waals surface area contributed by atoms with Gasteiger partial charge in [0.1, 0.15) is 5.75 Å². The molecular weight excluding hydrogens is 338 g/mol. The maximum atomic E-state index is 12.6. The average molecular weight is 359 g/mol. The molecule has 2 heterocycles. The Balaban J connectivity index is 1.88. The second-order valence-electron chi connectivity index (χ2n) is 5.94. The van der Waals surface area contributed by atoms with E-state index in [-0.39, 0.29) is 24.9 Å². The number of allylic oxidation sites excluding steroid dienone is 1. The normalized spacial score (nSPS) is 21.1. The first-order valence-electron chi connectivity index (χ1n) is 8.31. The molecule has 132 valence electrons. The maximum Gasteiger partial charge on any atom is 0.229 e. The highest BCUT2D eigenvalue weighted by molar-refractivity contribution is 8.03. The maximum absolute atomic E-state index is 12.6. The summed E-state index contributed by atoms with van der Waals surface area (Å²) in [5.74, 6) is 1.26. The standard InChI is InChI=1S/C18H21N3O3S/c1-2-24-14-5-3-13(4-6-14)15-9-17(23)21-11-20(7-8-22)12-25-18(21)16(15)10-19/h3-6,15,22H,2,7-9,11-12H2,1H3/t15-/m0/s1. The van der Waals surface area contributed by atoms with Gasteiger partial charge in [0.2, 0.25) is 5.91 Å². The number of β-amino-alcohol motifs (C(OH)–C–C–N with tert-alkyl or cyclic N) is 1. The van der Waals surface area contributed by atoms with Crippen LogP contribution >= 0.6 is 11.8 Å². The van der Waals surface area contributed by atoms with Crippen LogP contribution < -0.4 is 4.74 Å². The van der Waals surface area contributed by atoms with Crippen LogP contribution in [0.1, 0.15) is 24.8 Å². The number of amides is 1. The highest BCUT2D eigenvalue weighted by Crippen LogP contribution is 2.42. The van der Waals surface area contributed by atoms with Crippen LogP contribution in [0.2, 0.25) is 0 Å². The fourth-order valence-corrected chi connectivity index (χ4v) is 4.31. The topological polar surface area (TPSA) is 76.8 Å². The molecule has 0 spiro atoms. The second kappa shape index (κ2) is 7.91. The molecule has 1 N–H and O–H groups in total. The fourth-order valence-electron chi connectivity index (χ4n) is 3.14. The van der Waals surface area contributed by atoms with E-state index in [0.29, 0.717) is 31.3 Å². The number of hydrogen-bond acceptors (Lipinski definition) is 6. The molecule has 3 rings (SSSR count). The van der Waals surface area contributed by atoms with Gasteiger partial charge in [-0.1, -0.05) is 23.9 Å². The molecule has 6 nitrogen and oxygen atoms in total. The van der Waals surface area contributed by atoms with Crippen LogP contribution in [0, 0.1) is 11.3 Å². The predicted molar refractivity (Wildman–Crippen MR) is 95.6 cm³/mol. The lowest BCUT2D eigenvalue weighted by atomic mass is 9.86. The molecule has 2 aliphatic rings. The Kier molecular flexibility index (Phi) is 5.63. The van der Waals surface area contributed by atoms with Gasteiger partial charge in [0.15, 0.2) is 0 Å². The van der Waals surface area contributed by atoms with Crippen LogP contribution in [0.4, 0.5) is 0 Å². The third-order valence-electron chi connectivity index (χ3n) is 4.36. The van der Waals surface area contributed by atoms with Crippen LogP contribution in [0.5, 0.6) is 5.75 Å². The number of ether oxygens (including phenoxy) is 1. The van der Waals surface area contributed by atoms with Crippen molar-refractivity contribution in [1.29, 1.82) is 5.26 Å². The molecule has 2 aliphatic heterocycles. The number of carbonyl (C=O) groups is 1. The Morgan fingerprint density at radius 1 is 1.40 bits per heavy atom. The van der Waals surface area contributed by atoms with E-state index >= 15 is 0 Å². The molecule has 25 heavy (non-hydrogen) atoms. The van der Waals surface area contributed by atoms with Gasteiger partial charge in [0, 0.05) is 18.9 Å². The van der Waals surface area contributed by atoms with Gasteiger partial charge in [-0.2, -0.15) is 5.26 Å². The van der Waals surface area contributed by atoms with Crippen molar-refractivity contribution in [3.8, 4) is 11.8 Å². The molecule has 0 bridgehead atoms. The Hall–Kier alpha value is -2.01.